The first-order chi connectivity index (χ1) is 8.19. The highest BCUT2D eigenvalue weighted by molar-refractivity contribution is 6.29. The van der Waals surface area contributed by atoms with Gasteiger partial charge < -0.3 is 4.74 Å². The topological polar surface area (TPSA) is 39.2 Å². The van der Waals surface area contributed by atoms with Gasteiger partial charge in [0.15, 0.2) is 0 Å². The van der Waals surface area contributed by atoms with Crippen LogP contribution in [0, 0.1) is 0 Å². The van der Waals surface area contributed by atoms with Crippen molar-refractivity contribution in [3.05, 3.63) is 34.6 Å². The van der Waals surface area contributed by atoms with Crippen LogP contribution in [0.3, 0.4) is 0 Å². The number of carbonyl (C=O) groups excluding carboxylic acids is 1. The van der Waals surface area contributed by atoms with E-state index in [-0.39, 0.29) is 5.97 Å². The summed E-state index contributed by atoms with van der Waals surface area (Å²) in [6.45, 7) is 2.16. The molecule has 0 N–H and O–H groups in total. The van der Waals surface area contributed by atoms with Gasteiger partial charge in [-0.05, 0) is 43.5 Å². The normalized spacial score (nSPS) is 15.2. The minimum Gasteiger partial charge on any atom is -0.463 e. The van der Waals surface area contributed by atoms with Crippen molar-refractivity contribution in [1.82, 2.24) is 4.98 Å². The molecule has 1 heterocycles. The summed E-state index contributed by atoms with van der Waals surface area (Å²) in [4.78, 5) is 15.4. The molecule has 0 saturated heterocycles. The third-order valence-electron chi connectivity index (χ3n) is 2.53. The molecular weight excluding hydrogens is 238 g/mol. The zero-order valence-electron chi connectivity index (χ0n) is 9.65. The van der Waals surface area contributed by atoms with E-state index < -0.39 is 0 Å². The van der Waals surface area contributed by atoms with E-state index >= 15 is 0 Å². The van der Waals surface area contributed by atoms with Gasteiger partial charge in [-0.1, -0.05) is 11.6 Å². The average molecular weight is 252 g/mol. The lowest BCUT2D eigenvalue weighted by molar-refractivity contribution is -0.137. The van der Waals surface area contributed by atoms with Crippen LogP contribution in [-0.2, 0) is 9.53 Å². The Labute approximate surface area is 105 Å². The maximum absolute atomic E-state index is 11.2. The number of esters is 1. The summed E-state index contributed by atoms with van der Waals surface area (Å²) in [7, 11) is 0. The van der Waals surface area contributed by atoms with Crippen molar-refractivity contribution in [2.45, 2.75) is 25.7 Å². The lowest BCUT2D eigenvalue weighted by Crippen LogP contribution is -1.98. The molecule has 0 aliphatic heterocycles. The van der Waals surface area contributed by atoms with Crippen LogP contribution in [-0.4, -0.2) is 17.6 Å². The van der Waals surface area contributed by atoms with Crippen LogP contribution in [0.5, 0.6) is 0 Å². The molecule has 0 amide bonds. The summed E-state index contributed by atoms with van der Waals surface area (Å²) in [6.07, 6.45) is 5.46. The number of halogens is 1. The van der Waals surface area contributed by atoms with E-state index in [1.165, 1.54) is 18.9 Å². The van der Waals surface area contributed by atoms with Gasteiger partial charge in [0.25, 0.3) is 0 Å². The van der Waals surface area contributed by atoms with Crippen molar-refractivity contribution in [3.8, 4) is 0 Å². The zero-order chi connectivity index (χ0) is 12.3. The SMILES string of the molecule is CCOC(=O)/C=C/c1cc(Cl)nc(C2CC2)c1. The Kier molecular flexibility index (Phi) is 3.79. The fourth-order valence-corrected chi connectivity index (χ4v) is 1.80. The summed E-state index contributed by atoms with van der Waals surface area (Å²) in [5, 5.41) is 0.470. The molecule has 4 heteroatoms. The number of carbonyl (C=O) groups is 1. The second-order valence-electron chi connectivity index (χ2n) is 4.01. The number of hydrogen-bond acceptors (Lipinski definition) is 3. The fraction of sp³-hybridized carbons (Fsp3) is 0.385. The lowest BCUT2D eigenvalue weighted by atomic mass is 10.1. The van der Waals surface area contributed by atoms with Gasteiger partial charge in [0.2, 0.25) is 0 Å². The molecule has 1 fully saturated rings. The Hall–Kier alpha value is -1.35. The van der Waals surface area contributed by atoms with Crippen molar-refractivity contribution in [1.29, 1.82) is 0 Å². The maximum atomic E-state index is 11.2. The van der Waals surface area contributed by atoms with E-state index in [1.54, 1.807) is 19.1 Å². The molecule has 0 radical (unpaired) electrons. The molecule has 1 aromatic heterocycles. The molecule has 0 aromatic carbocycles. The first kappa shape index (κ1) is 12.1. The highest BCUT2D eigenvalue weighted by Crippen LogP contribution is 2.39. The van der Waals surface area contributed by atoms with E-state index in [0.717, 1.165) is 11.3 Å². The first-order valence-corrected chi connectivity index (χ1v) is 6.09. The van der Waals surface area contributed by atoms with Crippen molar-refractivity contribution in [2.24, 2.45) is 0 Å². The third kappa shape index (κ3) is 3.56. The molecule has 90 valence electrons. The second kappa shape index (κ2) is 5.32. The Morgan fingerprint density at radius 1 is 1.59 bits per heavy atom. The summed E-state index contributed by atoms with van der Waals surface area (Å²) in [6, 6.07) is 3.71. The van der Waals surface area contributed by atoms with E-state index in [1.807, 2.05) is 6.07 Å². The summed E-state index contributed by atoms with van der Waals surface area (Å²) in [5.41, 5.74) is 1.90. The Morgan fingerprint density at radius 2 is 2.35 bits per heavy atom. The predicted octanol–water partition coefficient (Wildman–Crippen LogP) is 3.19. The van der Waals surface area contributed by atoms with Gasteiger partial charge in [-0.25, -0.2) is 9.78 Å². The van der Waals surface area contributed by atoms with Crippen LogP contribution in [0.25, 0.3) is 6.08 Å². The Morgan fingerprint density at radius 3 is 3.00 bits per heavy atom. The van der Waals surface area contributed by atoms with Crippen LogP contribution < -0.4 is 0 Å². The first-order valence-electron chi connectivity index (χ1n) is 5.71. The Bertz CT molecular complexity index is 453. The number of ether oxygens (including phenoxy) is 1. The number of aromatic nitrogens is 1. The maximum Gasteiger partial charge on any atom is 0.330 e. The number of pyridine rings is 1. The number of hydrogen-bond donors (Lipinski definition) is 0. The van der Waals surface area contributed by atoms with Gasteiger partial charge in [0.1, 0.15) is 5.15 Å². The smallest absolute Gasteiger partial charge is 0.330 e. The summed E-state index contributed by atoms with van der Waals surface area (Å²) < 4.78 is 4.81. The van der Waals surface area contributed by atoms with Crippen LogP contribution in [0.2, 0.25) is 5.15 Å². The molecule has 0 atom stereocenters. The molecule has 3 nitrogen and oxygen atoms in total. The minimum atomic E-state index is -0.339. The van der Waals surface area contributed by atoms with Crippen molar-refractivity contribution in [2.75, 3.05) is 6.61 Å². The average Bonchev–Trinajstić information content (AvgIpc) is 3.10. The molecule has 1 saturated carbocycles. The molecule has 1 aliphatic carbocycles. The number of nitrogens with zero attached hydrogens (tertiary/aromatic N) is 1. The molecule has 1 aromatic rings. The lowest BCUT2D eigenvalue weighted by Gasteiger charge is -2.01. The van der Waals surface area contributed by atoms with Gasteiger partial charge in [-0.15, -0.1) is 0 Å². The van der Waals surface area contributed by atoms with Gasteiger partial charge >= 0.3 is 5.97 Å². The van der Waals surface area contributed by atoms with Crippen LogP contribution in [0.1, 0.15) is 36.9 Å². The van der Waals surface area contributed by atoms with Crippen LogP contribution in [0.4, 0.5) is 0 Å². The van der Waals surface area contributed by atoms with E-state index in [2.05, 4.69) is 4.98 Å². The highest BCUT2D eigenvalue weighted by atomic mass is 35.5. The van der Waals surface area contributed by atoms with Crippen molar-refractivity contribution in [3.63, 3.8) is 0 Å². The van der Waals surface area contributed by atoms with Crippen molar-refractivity contribution < 1.29 is 9.53 Å². The highest BCUT2D eigenvalue weighted by Gasteiger charge is 2.25. The van der Waals surface area contributed by atoms with Gasteiger partial charge in [-0.3, -0.25) is 0 Å². The minimum absolute atomic E-state index is 0.339. The molecule has 2 rings (SSSR count). The van der Waals surface area contributed by atoms with E-state index in [9.17, 15) is 4.79 Å². The zero-order valence-corrected chi connectivity index (χ0v) is 10.4. The molecule has 0 spiro atoms. The monoisotopic (exact) mass is 251 g/mol. The molecule has 1 aliphatic rings. The fourth-order valence-electron chi connectivity index (χ4n) is 1.58. The number of rotatable bonds is 4. The standard InChI is InChI=1S/C13H14ClNO2/c1-2-17-13(16)6-3-9-7-11(10-4-5-10)15-12(14)8-9/h3,6-8,10H,2,4-5H2,1H3/b6-3+. The molecule has 0 unspecified atom stereocenters. The Balaban J connectivity index is 2.12. The van der Waals surface area contributed by atoms with E-state index in [4.69, 9.17) is 16.3 Å². The summed E-state index contributed by atoms with van der Waals surface area (Å²) in [5.74, 6) is 0.205. The van der Waals surface area contributed by atoms with Gasteiger partial charge in [0, 0.05) is 17.7 Å². The second-order valence-corrected chi connectivity index (χ2v) is 4.39. The van der Waals surface area contributed by atoms with Gasteiger partial charge in [0.05, 0.1) is 6.61 Å². The largest absolute Gasteiger partial charge is 0.463 e. The molecule has 0 bridgehead atoms. The quantitative estimate of drug-likeness (QED) is 0.469. The van der Waals surface area contributed by atoms with Crippen molar-refractivity contribution >= 4 is 23.6 Å². The third-order valence-corrected chi connectivity index (χ3v) is 2.72. The van der Waals surface area contributed by atoms with E-state index in [0.29, 0.717) is 17.7 Å². The summed E-state index contributed by atoms with van der Waals surface area (Å²) >= 11 is 5.94. The molecule has 17 heavy (non-hydrogen) atoms. The van der Waals surface area contributed by atoms with Gasteiger partial charge in [-0.2, -0.15) is 0 Å². The molecular formula is C13H14ClNO2. The van der Waals surface area contributed by atoms with Crippen LogP contribution in [0.15, 0.2) is 18.2 Å². The van der Waals surface area contributed by atoms with Crippen LogP contribution >= 0.6 is 11.6 Å². The predicted molar refractivity (Wildman–Crippen MR) is 66.9 cm³/mol.